The molecule has 0 bridgehead atoms. The summed E-state index contributed by atoms with van der Waals surface area (Å²) in [7, 11) is 1.62. The lowest BCUT2D eigenvalue weighted by Crippen LogP contribution is -2.22. The molecule has 0 atom stereocenters. The first kappa shape index (κ1) is 17.0. The van der Waals surface area contributed by atoms with Crippen LogP contribution >= 0.6 is 0 Å². The molecule has 132 valence electrons. The predicted octanol–water partition coefficient (Wildman–Crippen LogP) is 2.14. The van der Waals surface area contributed by atoms with Crippen LogP contribution in [-0.4, -0.2) is 28.8 Å². The Labute approximate surface area is 149 Å². The van der Waals surface area contributed by atoms with Crippen LogP contribution in [0.3, 0.4) is 0 Å². The normalized spacial score (nSPS) is 10.3. The second-order valence-electron chi connectivity index (χ2n) is 5.47. The number of benzene rings is 2. The Morgan fingerprint density at radius 3 is 2.42 bits per heavy atom. The van der Waals surface area contributed by atoms with Crippen LogP contribution in [-0.2, 0) is 0 Å². The van der Waals surface area contributed by atoms with Crippen LogP contribution < -0.4 is 21.5 Å². The molecule has 3 aromatic rings. The number of nitrogens with zero attached hydrogens (tertiary/aromatic N) is 2. The highest BCUT2D eigenvalue weighted by Gasteiger charge is 2.16. The van der Waals surface area contributed by atoms with Crippen LogP contribution in [0.1, 0.15) is 10.5 Å². The fourth-order valence-electron chi connectivity index (χ4n) is 2.52. The monoisotopic (exact) mass is 351 g/mol. The number of ether oxygens (including phenoxy) is 1. The van der Waals surface area contributed by atoms with Gasteiger partial charge in [-0.25, -0.2) is 9.48 Å². The molecule has 0 radical (unpaired) electrons. The number of methoxy groups -OCH3 is 1. The average molecular weight is 351 g/mol. The van der Waals surface area contributed by atoms with E-state index in [0.29, 0.717) is 5.69 Å². The second-order valence-corrected chi connectivity index (χ2v) is 5.47. The fourth-order valence-corrected chi connectivity index (χ4v) is 2.52. The van der Waals surface area contributed by atoms with Gasteiger partial charge in [-0.05, 0) is 35.4 Å². The van der Waals surface area contributed by atoms with Gasteiger partial charge in [-0.2, -0.15) is 5.10 Å². The standard InChI is InChI=1S/C18H17N5O3/c1-26-14-4-2-3-12(9-14)11-5-7-13(8-6-11)23-10-15(21-18(20)25)16(22-23)17(19)24/h2-10H,1H3,(H2,19,24)(H3,20,21,25). The van der Waals surface area contributed by atoms with E-state index in [1.807, 2.05) is 48.5 Å². The van der Waals surface area contributed by atoms with Crippen molar-refractivity contribution in [2.24, 2.45) is 11.5 Å². The Morgan fingerprint density at radius 1 is 1.08 bits per heavy atom. The minimum Gasteiger partial charge on any atom is -0.497 e. The lowest BCUT2D eigenvalue weighted by Gasteiger charge is -2.06. The number of amides is 3. The Morgan fingerprint density at radius 2 is 1.81 bits per heavy atom. The summed E-state index contributed by atoms with van der Waals surface area (Å²) in [5.74, 6) is 0.00687. The maximum atomic E-state index is 11.5. The molecule has 3 rings (SSSR count). The highest BCUT2D eigenvalue weighted by molar-refractivity contribution is 6.00. The molecule has 0 fully saturated rings. The Bertz CT molecular complexity index is 963. The van der Waals surface area contributed by atoms with E-state index in [4.69, 9.17) is 16.2 Å². The van der Waals surface area contributed by atoms with Crippen LogP contribution in [0.4, 0.5) is 10.5 Å². The summed E-state index contributed by atoms with van der Waals surface area (Å²) < 4.78 is 6.68. The molecular weight excluding hydrogens is 334 g/mol. The molecule has 5 N–H and O–H groups in total. The minimum absolute atomic E-state index is 0.0688. The molecule has 0 saturated heterocycles. The molecule has 26 heavy (non-hydrogen) atoms. The number of nitrogens with two attached hydrogens (primary N) is 2. The van der Waals surface area contributed by atoms with Crippen LogP contribution in [0.5, 0.6) is 5.75 Å². The maximum absolute atomic E-state index is 11.5. The van der Waals surface area contributed by atoms with Gasteiger partial charge in [-0.15, -0.1) is 0 Å². The van der Waals surface area contributed by atoms with Gasteiger partial charge in [0.1, 0.15) is 5.75 Å². The average Bonchev–Trinajstić information content (AvgIpc) is 3.05. The Hall–Kier alpha value is -3.81. The molecule has 0 saturated carbocycles. The molecular formula is C18H17N5O3. The number of rotatable bonds is 5. The van der Waals surface area contributed by atoms with Gasteiger partial charge >= 0.3 is 6.03 Å². The third kappa shape index (κ3) is 3.48. The lowest BCUT2D eigenvalue weighted by molar-refractivity contribution is 0.0996. The van der Waals surface area contributed by atoms with Crippen molar-refractivity contribution in [3.8, 4) is 22.6 Å². The van der Waals surface area contributed by atoms with E-state index in [9.17, 15) is 9.59 Å². The largest absolute Gasteiger partial charge is 0.497 e. The number of carbonyl (C=O) groups is 2. The first-order valence-electron chi connectivity index (χ1n) is 7.68. The third-order valence-corrected chi connectivity index (χ3v) is 3.74. The number of anilines is 1. The van der Waals surface area contributed by atoms with Gasteiger partial charge < -0.3 is 21.5 Å². The highest BCUT2D eigenvalue weighted by atomic mass is 16.5. The zero-order valence-electron chi connectivity index (χ0n) is 14.0. The summed E-state index contributed by atoms with van der Waals surface area (Å²) in [4.78, 5) is 22.5. The van der Waals surface area contributed by atoms with E-state index in [1.165, 1.54) is 10.9 Å². The molecule has 3 amide bonds. The van der Waals surface area contributed by atoms with Crippen molar-refractivity contribution in [1.82, 2.24) is 9.78 Å². The molecule has 0 aliphatic rings. The first-order valence-corrected chi connectivity index (χ1v) is 7.68. The molecule has 2 aromatic carbocycles. The van der Waals surface area contributed by atoms with Crippen molar-refractivity contribution in [3.63, 3.8) is 0 Å². The van der Waals surface area contributed by atoms with E-state index in [2.05, 4.69) is 10.4 Å². The van der Waals surface area contributed by atoms with Crippen molar-refractivity contribution in [3.05, 3.63) is 60.4 Å². The molecule has 8 heteroatoms. The molecule has 0 spiro atoms. The number of primary amides is 2. The van der Waals surface area contributed by atoms with Crippen molar-refractivity contribution >= 4 is 17.6 Å². The molecule has 0 unspecified atom stereocenters. The SMILES string of the molecule is COc1cccc(-c2ccc(-n3cc(NC(N)=O)c(C(N)=O)n3)cc2)c1. The smallest absolute Gasteiger partial charge is 0.316 e. The van der Waals surface area contributed by atoms with Gasteiger partial charge in [0, 0.05) is 0 Å². The molecule has 0 aliphatic carbocycles. The van der Waals surface area contributed by atoms with Crippen molar-refractivity contribution in [2.45, 2.75) is 0 Å². The molecule has 0 aliphatic heterocycles. The Balaban J connectivity index is 1.93. The topological polar surface area (TPSA) is 125 Å². The van der Waals surface area contributed by atoms with Crippen LogP contribution in [0.2, 0.25) is 0 Å². The summed E-state index contributed by atoms with van der Waals surface area (Å²) in [6.45, 7) is 0. The third-order valence-electron chi connectivity index (χ3n) is 3.74. The Kier molecular flexibility index (Phi) is 4.57. The molecule has 1 heterocycles. The predicted molar refractivity (Wildman–Crippen MR) is 97.3 cm³/mol. The van der Waals surface area contributed by atoms with Gasteiger partial charge in [0.05, 0.1) is 24.7 Å². The lowest BCUT2D eigenvalue weighted by atomic mass is 10.1. The summed E-state index contributed by atoms with van der Waals surface area (Å²) in [5.41, 5.74) is 13.2. The summed E-state index contributed by atoms with van der Waals surface area (Å²) in [6, 6.07) is 14.4. The first-order chi connectivity index (χ1) is 12.5. The molecule has 1 aromatic heterocycles. The zero-order valence-corrected chi connectivity index (χ0v) is 14.0. The van der Waals surface area contributed by atoms with Crippen molar-refractivity contribution in [2.75, 3.05) is 12.4 Å². The van der Waals surface area contributed by atoms with E-state index in [0.717, 1.165) is 16.9 Å². The van der Waals surface area contributed by atoms with Gasteiger partial charge in [-0.3, -0.25) is 4.79 Å². The number of aromatic nitrogens is 2. The quantitative estimate of drug-likeness (QED) is 0.651. The van der Waals surface area contributed by atoms with Crippen LogP contribution in [0.15, 0.2) is 54.7 Å². The van der Waals surface area contributed by atoms with E-state index >= 15 is 0 Å². The minimum atomic E-state index is -0.805. The van der Waals surface area contributed by atoms with E-state index in [1.54, 1.807) is 7.11 Å². The summed E-state index contributed by atoms with van der Waals surface area (Å²) in [6.07, 6.45) is 1.48. The van der Waals surface area contributed by atoms with Crippen LogP contribution in [0.25, 0.3) is 16.8 Å². The number of carbonyl (C=O) groups excluding carboxylic acids is 2. The molecule has 8 nitrogen and oxygen atoms in total. The summed E-state index contributed by atoms with van der Waals surface area (Å²) in [5, 5.41) is 6.45. The zero-order chi connectivity index (χ0) is 18.7. The van der Waals surface area contributed by atoms with E-state index < -0.39 is 11.9 Å². The summed E-state index contributed by atoms with van der Waals surface area (Å²) >= 11 is 0. The van der Waals surface area contributed by atoms with Crippen molar-refractivity contribution < 1.29 is 14.3 Å². The van der Waals surface area contributed by atoms with Gasteiger partial charge in [-0.1, -0.05) is 24.3 Å². The van der Waals surface area contributed by atoms with E-state index in [-0.39, 0.29) is 11.4 Å². The van der Waals surface area contributed by atoms with Gasteiger partial charge in [0.25, 0.3) is 5.91 Å². The van der Waals surface area contributed by atoms with Gasteiger partial charge in [0.15, 0.2) is 5.69 Å². The van der Waals surface area contributed by atoms with Gasteiger partial charge in [0.2, 0.25) is 0 Å². The number of nitrogens with one attached hydrogen (secondary N) is 1. The number of hydrogen-bond acceptors (Lipinski definition) is 4. The number of urea groups is 1. The van der Waals surface area contributed by atoms with Crippen LogP contribution in [0, 0.1) is 0 Å². The number of hydrogen-bond donors (Lipinski definition) is 3. The highest BCUT2D eigenvalue weighted by Crippen LogP contribution is 2.25. The maximum Gasteiger partial charge on any atom is 0.316 e. The fraction of sp³-hybridized carbons (Fsp3) is 0.0556. The van der Waals surface area contributed by atoms with Crippen molar-refractivity contribution in [1.29, 1.82) is 0 Å². The second kappa shape index (κ2) is 6.98.